The number of hydrogen-bond donors (Lipinski definition) is 1. The highest BCUT2D eigenvalue weighted by molar-refractivity contribution is 5.80. The van der Waals surface area contributed by atoms with Gasteiger partial charge < -0.3 is 15.4 Å². The Labute approximate surface area is 123 Å². The van der Waals surface area contributed by atoms with Crippen LogP contribution < -0.4 is 5.73 Å². The van der Waals surface area contributed by atoms with Crippen LogP contribution in [-0.4, -0.2) is 43.2 Å². The maximum atomic E-state index is 12.7. The van der Waals surface area contributed by atoms with Crippen molar-refractivity contribution in [1.29, 1.82) is 0 Å². The monoisotopic (exact) mass is 282 g/mol. The van der Waals surface area contributed by atoms with Crippen molar-refractivity contribution in [3.63, 3.8) is 0 Å². The lowest BCUT2D eigenvalue weighted by atomic mass is 9.81. The fraction of sp³-hybridized carbons (Fsp3) is 0.938. The Hall–Kier alpha value is -0.610. The molecule has 1 saturated heterocycles. The molecule has 1 heterocycles. The lowest BCUT2D eigenvalue weighted by Gasteiger charge is -2.36. The first-order valence-electron chi connectivity index (χ1n) is 8.15. The predicted molar refractivity (Wildman–Crippen MR) is 80.3 cm³/mol. The normalized spacial score (nSPS) is 26.9. The van der Waals surface area contributed by atoms with Crippen molar-refractivity contribution in [2.75, 3.05) is 26.2 Å². The number of piperidine rings is 1. The second-order valence-electron chi connectivity index (χ2n) is 6.97. The first-order chi connectivity index (χ1) is 9.54. The summed E-state index contributed by atoms with van der Waals surface area (Å²) in [5, 5.41) is 0. The van der Waals surface area contributed by atoms with Gasteiger partial charge in [-0.3, -0.25) is 4.79 Å². The average Bonchev–Trinajstić information content (AvgIpc) is 2.79. The predicted octanol–water partition coefficient (Wildman–Crippen LogP) is 2.17. The summed E-state index contributed by atoms with van der Waals surface area (Å²) in [7, 11) is 0. The van der Waals surface area contributed by atoms with Gasteiger partial charge in [-0.05, 0) is 44.1 Å². The van der Waals surface area contributed by atoms with Crippen LogP contribution in [0.4, 0.5) is 0 Å². The van der Waals surface area contributed by atoms with E-state index in [1.54, 1.807) is 0 Å². The Balaban J connectivity index is 1.77. The summed E-state index contributed by atoms with van der Waals surface area (Å²) in [6.45, 7) is 7.65. The van der Waals surface area contributed by atoms with Crippen molar-refractivity contribution < 1.29 is 9.53 Å². The van der Waals surface area contributed by atoms with Gasteiger partial charge in [-0.25, -0.2) is 0 Å². The van der Waals surface area contributed by atoms with E-state index in [1.807, 2.05) is 0 Å². The van der Waals surface area contributed by atoms with Gasteiger partial charge in [0, 0.05) is 25.6 Å². The minimum absolute atomic E-state index is 0.186. The van der Waals surface area contributed by atoms with Crippen LogP contribution in [0.2, 0.25) is 0 Å². The third-order valence-corrected chi connectivity index (χ3v) is 5.01. The molecule has 4 nitrogen and oxygen atoms in total. The van der Waals surface area contributed by atoms with Crippen molar-refractivity contribution >= 4 is 5.91 Å². The van der Waals surface area contributed by atoms with E-state index in [1.165, 1.54) is 12.8 Å². The van der Waals surface area contributed by atoms with E-state index >= 15 is 0 Å². The largest absolute Gasteiger partial charge is 0.378 e. The van der Waals surface area contributed by atoms with Gasteiger partial charge in [0.25, 0.3) is 0 Å². The topological polar surface area (TPSA) is 55.6 Å². The summed E-state index contributed by atoms with van der Waals surface area (Å²) in [5.74, 6) is 0.616. The minimum atomic E-state index is 0.186. The van der Waals surface area contributed by atoms with Crippen LogP contribution >= 0.6 is 0 Å². The number of amides is 1. The highest BCUT2D eigenvalue weighted by Gasteiger charge is 2.41. The van der Waals surface area contributed by atoms with Crippen LogP contribution in [0.5, 0.6) is 0 Å². The molecule has 116 valence electrons. The SMILES string of the molecule is CC1(C)CCCC1C(=O)N1CCC(OCCCN)CC1. The third kappa shape index (κ3) is 3.73. The molecule has 0 bridgehead atoms. The second-order valence-corrected chi connectivity index (χ2v) is 6.97. The standard InChI is InChI=1S/C16H30N2O2/c1-16(2)8-3-5-14(16)15(19)18-10-6-13(7-11-18)20-12-4-9-17/h13-14H,3-12,17H2,1-2H3. The summed E-state index contributed by atoms with van der Waals surface area (Å²) < 4.78 is 5.80. The molecule has 1 saturated carbocycles. The molecule has 1 unspecified atom stereocenters. The van der Waals surface area contributed by atoms with Crippen LogP contribution in [-0.2, 0) is 9.53 Å². The van der Waals surface area contributed by atoms with Crippen LogP contribution in [0.15, 0.2) is 0 Å². The molecule has 1 aliphatic carbocycles. The second kappa shape index (κ2) is 6.90. The zero-order valence-electron chi connectivity index (χ0n) is 13.1. The van der Waals surface area contributed by atoms with Gasteiger partial charge in [0.05, 0.1) is 6.10 Å². The molecule has 20 heavy (non-hydrogen) atoms. The molecule has 2 aliphatic rings. The van der Waals surface area contributed by atoms with E-state index < -0.39 is 0 Å². The average molecular weight is 282 g/mol. The first-order valence-corrected chi connectivity index (χ1v) is 8.15. The van der Waals surface area contributed by atoms with Gasteiger partial charge in [0.1, 0.15) is 0 Å². The van der Waals surface area contributed by atoms with E-state index in [0.717, 1.165) is 45.4 Å². The molecular formula is C16H30N2O2. The van der Waals surface area contributed by atoms with Gasteiger partial charge >= 0.3 is 0 Å². The number of nitrogens with two attached hydrogens (primary N) is 1. The number of carbonyl (C=O) groups is 1. The molecule has 1 aliphatic heterocycles. The lowest BCUT2D eigenvalue weighted by Crippen LogP contribution is -2.45. The molecule has 0 aromatic heterocycles. The van der Waals surface area contributed by atoms with Gasteiger partial charge in [-0.15, -0.1) is 0 Å². The molecule has 0 radical (unpaired) electrons. The number of carbonyl (C=O) groups excluding carboxylic acids is 1. The van der Waals surface area contributed by atoms with Crippen LogP contribution in [0.1, 0.15) is 52.4 Å². The summed E-state index contributed by atoms with van der Waals surface area (Å²) in [6, 6.07) is 0. The summed E-state index contributed by atoms with van der Waals surface area (Å²) in [5.41, 5.74) is 5.65. The van der Waals surface area contributed by atoms with E-state index in [4.69, 9.17) is 10.5 Å². The highest BCUT2D eigenvalue weighted by atomic mass is 16.5. The number of nitrogens with zero attached hydrogens (tertiary/aromatic N) is 1. The van der Waals surface area contributed by atoms with Crippen molar-refractivity contribution in [2.45, 2.75) is 58.5 Å². The number of rotatable bonds is 5. The van der Waals surface area contributed by atoms with Crippen molar-refractivity contribution in [3.8, 4) is 0 Å². The van der Waals surface area contributed by atoms with E-state index in [2.05, 4.69) is 18.7 Å². The molecular weight excluding hydrogens is 252 g/mol. The fourth-order valence-corrected chi connectivity index (χ4v) is 3.58. The third-order valence-electron chi connectivity index (χ3n) is 5.01. The highest BCUT2D eigenvalue weighted by Crippen LogP contribution is 2.43. The summed E-state index contributed by atoms with van der Waals surface area (Å²) in [4.78, 5) is 14.7. The Bertz CT molecular complexity index is 322. The van der Waals surface area contributed by atoms with Crippen molar-refractivity contribution in [1.82, 2.24) is 4.90 Å². The Morgan fingerprint density at radius 1 is 1.30 bits per heavy atom. The fourth-order valence-electron chi connectivity index (χ4n) is 3.58. The van der Waals surface area contributed by atoms with Crippen LogP contribution in [0.25, 0.3) is 0 Å². The zero-order valence-corrected chi connectivity index (χ0v) is 13.1. The van der Waals surface area contributed by atoms with E-state index in [9.17, 15) is 4.79 Å². The number of ether oxygens (including phenoxy) is 1. The molecule has 2 N–H and O–H groups in total. The Kier molecular flexibility index (Phi) is 5.44. The van der Waals surface area contributed by atoms with Gasteiger partial charge in [-0.1, -0.05) is 20.3 Å². The maximum absolute atomic E-state index is 12.7. The summed E-state index contributed by atoms with van der Waals surface area (Å²) in [6.07, 6.45) is 6.65. The zero-order chi connectivity index (χ0) is 14.6. The molecule has 0 aromatic rings. The van der Waals surface area contributed by atoms with E-state index in [-0.39, 0.29) is 11.3 Å². The van der Waals surface area contributed by atoms with Crippen molar-refractivity contribution in [3.05, 3.63) is 0 Å². The quantitative estimate of drug-likeness (QED) is 0.786. The Morgan fingerprint density at radius 2 is 2.00 bits per heavy atom. The molecule has 4 heteroatoms. The van der Waals surface area contributed by atoms with Gasteiger partial charge in [0.2, 0.25) is 5.91 Å². The van der Waals surface area contributed by atoms with Crippen LogP contribution in [0.3, 0.4) is 0 Å². The Morgan fingerprint density at radius 3 is 2.55 bits per heavy atom. The molecule has 0 spiro atoms. The molecule has 1 atom stereocenters. The maximum Gasteiger partial charge on any atom is 0.226 e. The number of hydrogen-bond acceptors (Lipinski definition) is 3. The molecule has 0 aromatic carbocycles. The molecule has 2 rings (SSSR count). The van der Waals surface area contributed by atoms with Crippen molar-refractivity contribution in [2.24, 2.45) is 17.1 Å². The van der Waals surface area contributed by atoms with Crippen LogP contribution in [0, 0.1) is 11.3 Å². The smallest absolute Gasteiger partial charge is 0.226 e. The molecule has 1 amide bonds. The summed E-state index contributed by atoms with van der Waals surface area (Å²) >= 11 is 0. The number of likely N-dealkylation sites (tertiary alicyclic amines) is 1. The first kappa shape index (κ1) is 15.8. The van der Waals surface area contributed by atoms with Gasteiger partial charge in [0.15, 0.2) is 0 Å². The minimum Gasteiger partial charge on any atom is -0.378 e. The van der Waals surface area contributed by atoms with E-state index in [0.29, 0.717) is 18.6 Å². The lowest BCUT2D eigenvalue weighted by molar-refractivity contribution is -0.141. The molecule has 2 fully saturated rings. The van der Waals surface area contributed by atoms with Gasteiger partial charge in [-0.2, -0.15) is 0 Å².